The van der Waals surface area contributed by atoms with Gasteiger partial charge in [0.25, 0.3) is 0 Å². The Morgan fingerprint density at radius 2 is 1.89 bits per heavy atom. The van der Waals surface area contributed by atoms with Crippen LogP contribution in [0.25, 0.3) is 0 Å². The fraction of sp³-hybridized carbons (Fsp3) is 0.500. The average molecular weight is 396 g/mol. The van der Waals surface area contributed by atoms with Crippen molar-refractivity contribution >= 4 is 11.8 Å². The quantitative estimate of drug-likeness (QED) is 0.738. The fourth-order valence-electron chi connectivity index (χ4n) is 3.78. The highest BCUT2D eigenvalue weighted by molar-refractivity contribution is 5.88. The van der Waals surface area contributed by atoms with E-state index >= 15 is 0 Å². The molecule has 1 aromatic rings. The van der Waals surface area contributed by atoms with Gasteiger partial charge in [-0.05, 0) is 36.6 Å². The van der Waals surface area contributed by atoms with Crippen molar-refractivity contribution in [2.75, 3.05) is 32.8 Å². The normalized spacial score (nSPS) is 23.4. The molecule has 0 aromatic heterocycles. The maximum Gasteiger partial charge on any atom is 0.416 e. The van der Waals surface area contributed by atoms with E-state index in [0.717, 1.165) is 18.6 Å². The van der Waals surface area contributed by atoms with Crippen LogP contribution in [0.1, 0.15) is 30.0 Å². The first kappa shape index (κ1) is 20.4. The lowest BCUT2D eigenvalue weighted by atomic mass is 9.94. The molecule has 28 heavy (non-hydrogen) atoms. The van der Waals surface area contributed by atoms with E-state index < -0.39 is 17.8 Å². The lowest BCUT2D eigenvalue weighted by Gasteiger charge is -2.40. The van der Waals surface area contributed by atoms with Gasteiger partial charge in [-0.25, -0.2) is 0 Å². The van der Waals surface area contributed by atoms with Crippen LogP contribution >= 0.6 is 0 Å². The highest BCUT2D eigenvalue weighted by Crippen LogP contribution is 2.32. The van der Waals surface area contributed by atoms with E-state index in [1.807, 2.05) is 0 Å². The van der Waals surface area contributed by atoms with E-state index in [2.05, 4.69) is 6.58 Å². The summed E-state index contributed by atoms with van der Waals surface area (Å²) in [7, 11) is 0. The van der Waals surface area contributed by atoms with E-state index in [1.54, 1.807) is 9.80 Å². The molecule has 2 fully saturated rings. The zero-order valence-corrected chi connectivity index (χ0v) is 15.5. The molecule has 2 amide bonds. The van der Waals surface area contributed by atoms with Crippen LogP contribution in [0.4, 0.5) is 13.2 Å². The summed E-state index contributed by atoms with van der Waals surface area (Å²) in [6, 6.07) is 4.41. The number of hydrogen-bond donors (Lipinski definition) is 0. The number of carbonyl (C=O) groups excluding carboxylic acids is 2. The highest BCUT2D eigenvalue weighted by atomic mass is 19.4. The number of alkyl halides is 3. The maximum atomic E-state index is 13.1. The first-order valence-electron chi connectivity index (χ1n) is 9.28. The Bertz CT molecular complexity index is 733. The summed E-state index contributed by atoms with van der Waals surface area (Å²) >= 11 is 0. The SMILES string of the molecule is C=CC(=O)N1CCCC(C(=O)N2CCOCC2c2ccc(C(F)(F)F)cc2)C1. The van der Waals surface area contributed by atoms with Gasteiger partial charge in [-0.2, -0.15) is 13.2 Å². The first-order valence-corrected chi connectivity index (χ1v) is 9.28. The van der Waals surface area contributed by atoms with Crippen LogP contribution in [0.3, 0.4) is 0 Å². The van der Waals surface area contributed by atoms with E-state index in [0.29, 0.717) is 38.2 Å². The molecule has 0 aliphatic carbocycles. The number of morpholine rings is 1. The smallest absolute Gasteiger partial charge is 0.377 e. The van der Waals surface area contributed by atoms with Crippen LogP contribution in [0.5, 0.6) is 0 Å². The number of halogens is 3. The predicted octanol–water partition coefficient (Wildman–Crippen LogP) is 3.03. The predicted molar refractivity (Wildman–Crippen MR) is 96.2 cm³/mol. The van der Waals surface area contributed by atoms with Crippen molar-refractivity contribution in [3.8, 4) is 0 Å². The Balaban J connectivity index is 1.76. The van der Waals surface area contributed by atoms with Gasteiger partial charge in [-0.15, -0.1) is 0 Å². The van der Waals surface area contributed by atoms with Gasteiger partial charge in [0.2, 0.25) is 11.8 Å². The Hall–Kier alpha value is -2.35. The molecule has 2 atom stereocenters. The molecule has 0 spiro atoms. The van der Waals surface area contributed by atoms with Crippen LogP contribution < -0.4 is 0 Å². The largest absolute Gasteiger partial charge is 0.416 e. The third-order valence-corrected chi connectivity index (χ3v) is 5.29. The van der Waals surface area contributed by atoms with Gasteiger partial charge < -0.3 is 14.5 Å². The standard InChI is InChI=1S/C20H23F3N2O3/c1-2-18(26)24-9-3-4-15(12-24)19(27)25-10-11-28-13-17(25)14-5-7-16(8-6-14)20(21,22)23/h2,5-8,15,17H,1,3-4,9-13H2. The number of piperidine rings is 1. The lowest BCUT2D eigenvalue weighted by molar-refractivity contribution is -0.147. The number of carbonyl (C=O) groups is 2. The van der Waals surface area contributed by atoms with Crippen LogP contribution in [0.2, 0.25) is 0 Å². The van der Waals surface area contributed by atoms with Crippen molar-refractivity contribution in [1.29, 1.82) is 0 Å². The van der Waals surface area contributed by atoms with Gasteiger partial charge in [-0.3, -0.25) is 9.59 Å². The second-order valence-corrected chi connectivity index (χ2v) is 7.07. The Morgan fingerprint density at radius 3 is 2.54 bits per heavy atom. The number of hydrogen-bond acceptors (Lipinski definition) is 3. The number of amides is 2. The summed E-state index contributed by atoms with van der Waals surface area (Å²) in [6.07, 6.45) is -1.75. The number of ether oxygens (including phenoxy) is 1. The number of nitrogens with zero attached hydrogens (tertiary/aromatic N) is 2. The zero-order valence-electron chi connectivity index (χ0n) is 15.5. The van der Waals surface area contributed by atoms with Crippen LogP contribution in [0.15, 0.2) is 36.9 Å². The third kappa shape index (κ3) is 4.38. The molecule has 0 radical (unpaired) electrons. The minimum absolute atomic E-state index is 0.0882. The Kier molecular flexibility index (Phi) is 6.07. The van der Waals surface area contributed by atoms with Gasteiger partial charge >= 0.3 is 6.18 Å². The molecule has 2 heterocycles. The molecule has 2 unspecified atom stereocenters. The molecular weight excluding hydrogens is 373 g/mol. The number of benzene rings is 1. The molecule has 0 N–H and O–H groups in total. The third-order valence-electron chi connectivity index (χ3n) is 5.29. The second-order valence-electron chi connectivity index (χ2n) is 7.07. The fourth-order valence-corrected chi connectivity index (χ4v) is 3.78. The summed E-state index contributed by atoms with van der Waals surface area (Å²) in [4.78, 5) is 28.3. The summed E-state index contributed by atoms with van der Waals surface area (Å²) in [6.45, 7) is 5.41. The first-order chi connectivity index (χ1) is 13.3. The zero-order chi connectivity index (χ0) is 20.3. The minimum atomic E-state index is -4.40. The van der Waals surface area contributed by atoms with Gasteiger partial charge in [-0.1, -0.05) is 18.7 Å². The molecule has 0 bridgehead atoms. The second kappa shape index (κ2) is 8.34. The Labute approximate surface area is 161 Å². The summed E-state index contributed by atoms with van der Waals surface area (Å²) in [5.41, 5.74) is -0.118. The van der Waals surface area contributed by atoms with Gasteiger partial charge in [0, 0.05) is 19.6 Å². The van der Waals surface area contributed by atoms with Crippen molar-refractivity contribution in [1.82, 2.24) is 9.80 Å². The number of rotatable bonds is 3. The highest BCUT2D eigenvalue weighted by Gasteiger charge is 2.36. The van der Waals surface area contributed by atoms with Gasteiger partial charge in [0.15, 0.2) is 0 Å². The molecule has 2 saturated heterocycles. The van der Waals surface area contributed by atoms with Gasteiger partial charge in [0.1, 0.15) is 0 Å². The van der Waals surface area contributed by atoms with Crippen LogP contribution in [0, 0.1) is 5.92 Å². The number of likely N-dealkylation sites (tertiary alicyclic amines) is 1. The monoisotopic (exact) mass is 396 g/mol. The molecule has 5 nitrogen and oxygen atoms in total. The summed E-state index contributed by atoms with van der Waals surface area (Å²) in [5, 5.41) is 0. The van der Waals surface area contributed by atoms with Gasteiger partial charge in [0.05, 0.1) is 30.7 Å². The van der Waals surface area contributed by atoms with Crippen molar-refractivity contribution in [3.63, 3.8) is 0 Å². The average Bonchev–Trinajstić information content (AvgIpc) is 2.72. The molecule has 3 rings (SSSR count). The topological polar surface area (TPSA) is 49.9 Å². The molecule has 1 aromatic carbocycles. The van der Waals surface area contributed by atoms with E-state index in [4.69, 9.17) is 4.74 Å². The van der Waals surface area contributed by atoms with E-state index in [-0.39, 0.29) is 24.3 Å². The van der Waals surface area contributed by atoms with Crippen molar-refractivity contribution in [3.05, 3.63) is 48.0 Å². The van der Waals surface area contributed by atoms with Crippen LogP contribution in [-0.4, -0.2) is 54.5 Å². The molecule has 2 aliphatic heterocycles. The van der Waals surface area contributed by atoms with Crippen molar-refractivity contribution in [2.45, 2.75) is 25.1 Å². The van der Waals surface area contributed by atoms with E-state index in [9.17, 15) is 22.8 Å². The molecular formula is C20H23F3N2O3. The summed E-state index contributed by atoms with van der Waals surface area (Å²) < 4.78 is 43.9. The summed E-state index contributed by atoms with van der Waals surface area (Å²) in [5.74, 6) is -0.610. The van der Waals surface area contributed by atoms with Crippen LogP contribution in [-0.2, 0) is 20.5 Å². The lowest BCUT2D eigenvalue weighted by Crippen LogP contribution is -2.50. The molecule has 152 valence electrons. The van der Waals surface area contributed by atoms with Crippen molar-refractivity contribution < 1.29 is 27.5 Å². The molecule has 8 heteroatoms. The molecule has 2 aliphatic rings. The molecule has 0 saturated carbocycles. The Morgan fingerprint density at radius 1 is 1.18 bits per heavy atom. The minimum Gasteiger partial charge on any atom is -0.377 e. The maximum absolute atomic E-state index is 13.1. The van der Waals surface area contributed by atoms with Crippen molar-refractivity contribution in [2.24, 2.45) is 5.92 Å². The van der Waals surface area contributed by atoms with E-state index in [1.165, 1.54) is 18.2 Å².